The van der Waals surface area contributed by atoms with Gasteiger partial charge in [-0.15, -0.1) is 11.8 Å². The zero-order valence-corrected chi connectivity index (χ0v) is 10.2. The van der Waals surface area contributed by atoms with Crippen LogP contribution in [0, 0.1) is 6.92 Å². The summed E-state index contributed by atoms with van der Waals surface area (Å²) in [5.41, 5.74) is 1.11. The molecule has 0 amide bonds. The Hall–Kier alpha value is -0.810. The topological polar surface area (TPSA) is 47.0 Å². The second-order valence-corrected chi connectivity index (χ2v) is 4.11. The van der Waals surface area contributed by atoms with Gasteiger partial charge in [0, 0.05) is 25.0 Å². The molecule has 0 fully saturated rings. The number of methoxy groups -OCH3 is 1. The van der Waals surface area contributed by atoms with Crippen molar-refractivity contribution in [2.45, 2.75) is 18.9 Å². The van der Waals surface area contributed by atoms with E-state index in [9.17, 15) is 0 Å². The van der Waals surface area contributed by atoms with Gasteiger partial charge in [-0.2, -0.15) is 0 Å². The average Bonchev–Trinajstić information content (AvgIpc) is 2.24. The molecule has 0 radical (unpaired) electrons. The SMILES string of the molecule is CCNc1ncnc(SCCOC)c1C. The average molecular weight is 227 g/mol. The molecule has 4 nitrogen and oxygen atoms in total. The van der Waals surface area contributed by atoms with Gasteiger partial charge in [-0.1, -0.05) is 0 Å². The van der Waals surface area contributed by atoms with Gasteiger partial charge >= 0.3 is 0 Å². The van der Waals surface area contributed by atoms with Crippen LogP contribution in [0.5, 0.6) is 0 Å². The summed E-state index contributed by atoms with van der Waals surface area (Å²) in [5, 5.41) is 4.24. The standard InChI is InChI=1S/C10H17N3OS/c1-4-11-9-8(2)10(13-7-12-9)15-6-5-14-3/h7H,4-6H2,1-3H3,(H,11,12,13). The summed E-state index contributed by atoms with van der Waals surface area (Å²) in [6.07, 6.45) is 1.60. The highest BCUT2D eigenvalue weighted by Gasteiger charge is 2.05. The fourth-order valence-electron chi connectivity index (χ4n) is 1.15. The number of ether oxygens (including phenoxy) is 1. The van der Waals surface area contributed by atoms with Gasteiger partial charge < -0.3 is 10.1 Å². The van der Waals surface area contributed by atoms with E-state index in [0.29, 0.717) is 0 Å². The Kier molecular flexibility index (Phi) is 5.42. The van der Waals surface area contributed by atoms with Crippen molar-refractivity contribution in [3.05, 3.63) is 11.9 Å². The number of nitrogens with one attached hydrogen (secondary N) is 1. The van der Waals surface area contributed by atoms with Gasteiger partial charge in [0.2, 0.25) is 0 Å². The van der Waals surface area contributed by atoms with Crippen molar-refractivity contribution < 1.29 is 4.74 Å². The van der Waals surface area contributed by atoms with Crippen LogP contribution in [-0.2, 0) is 4.74 Å². The molecule has 0 saturated carbocycles. The third-order valence-corrected chi connectivity index (χ3v) is 2.96. The molecule has 5 heteroatoms. The molecule has 84 valence electrons. The van der Waals surface area contributed by atoms with Gasteiger partial charge in [-0.05, 0) is 13.8 Å². The number of anilines is 1. The summed E-state index contributed by atoms with van der Waals surface area (Å²) >= 11 is 1.70. The molecule has 0 aliphatic rings. The molecule has 0 aliphatic carbocycles. The Morgan fingerprint density at radius 3 is 2.93 bits per heavy atom. The molecule has 0 spiro atoms. The maximum absolute atomic E-state index is 5.00. The van der Waals surface area contributed by atoms with Crippen LogP contribution in [0.1, 0.15) is 12.5 Å². The maximum atomic E-state index is 5.00. The van der Waals surface area contributed by atoms with Crippen LogP contribution in [0.4, 0.5) is 5.82 Å². The summed E-state index contributed by atoms with van der Waals surface area (Å²) in [7, 11) is 1.71. The van der Waals surface area contributed by atoms with E-state index in [1.165, 1.54) is 0 Å². The first kappa shape index (κ1) is 12.3. The quantitative estimate of drug-likeness (QED) is 0.457. The van der Waals surface area contributed by atoms with Crippen LogP contribution in [0.25, 0.3) is 0 Å². The molecule has 1 aromatic heterocycles. The van der Waals surface area contributed by atoms with Crippen LogP contribution in [0.2, 0.25) is 0 Å². The lowest BCUT2D eigenvalue weighted by Gasteiger charge is -2.09. The molecule has 1 aromatic rings. The van der Waals surface area contributed by atoms with Crippen LogP contribution < -0.4 is 5.32 Å². The first-order valence-electron chi connectivity index (χ1n) is 4.96. The predicted molar refractivity (Wildman–Crippen MR) is 63.5 cm³/mol. The van der Waals surface area contributed by atoms with Gasteiger partial charge in [-0.25, -0.2) is 9.97 Å². The van der Waals surface area contributed by atoms with E-state index in [0.717, 1.165) is 35.3 Å². The van der Waals surface area contributed by atoms with Crippen LogP contribution in [0.15, 0.2) is 11.4 Å². The zero-order valence-electron chi connectivity index (χ0n) is 9.41. The Balaban J connectivity index is 2.66. The van der Waals surface area contributed by atoms with Crippen LogP contribution in [-0.4, -0.2) is 36.0 Å². The highest BCUT2D eigenvalue weighted by molar-refractivity contribution is 7.99. The second-order valence-electron chi connectivity index (χ2n) is 3.02. The third-order valence-electron chi connectivity index (χ3n) is 1.91. The van der Waals surface area contributed by atoms with Gasteiger partial charge in [0.05, 0.1) is 6.61 Å². The minimum absolute atomic E-state index is 0.741. The number of hydrogen-bond donors (Lipinski definition) is 1. The highest BCUT2D eigenvalue weighted by atomic mass is 32.2. The molecular formula is C10H17N3OS. The predicted octanol–water partition coefficient (Wildman–Crippen LogP) is 1.96. The van der Waals surface area contributed by atoms with Crippen molar-refractivity contribution in [3.8, 4) is 0 Å². The van der Waals surface area contributed by atoms with Crippen LogP contribution >= 0.6 is 11.8 Å². The van der Waals surface area contributed by atoms with E-state index in [1.807, 2.05) is 6.92 Å². The zero-order chi connectivity index (χ0) is 11.1. The van der Waals surface area contributed by atoms with E-state index in [2.05, 4.69) is 22.2 Å². The molecule has 0 atom stereocenters. The van der Waals surface area contributed by atoms with Crippen molar-refractivity contribution in [2.75, 3.05) is 31.3 Å². The van der Waals surface area contributed by atoms with Gasteiger partial charge in [0.15, 0.2) is 0 Å². The van der Waals surface area contributed by atoms with Crippen molar-refractivity contribution in [1.29, 1.82) is 0 Å². The molecular weight excluding hydrogens is 210 g/mol. The summed E-state index contributed by atoms with van der Waals surface area (Å²) in [6.45, 7) is 5.71. The van der Waals surface area contributed by atoms with Gasteiger partial charge in [0.1, 0.15) is 17.2 Å². The molecule has 1 N–H and O–H groups in total. The molecule has 0 aliphatic heterocycles. The van der Waals surface area contributed by atoms with E-state index in [1.54, 1.807) is 25.2 Å². The number of hydrogen-bond acceptors (Lipinski definition) is 5. The minimum atomic E-state index is 0.741. The van der Waals surface area contributed by atoms with Gasteiger partial charge in [0.25, 0.3) is 0 Å². The minimum Gasteiger partial charge on any atom is -0.384 e. The molecule has 0 aromatic carbocycles. The summed E-state index contributed by atoms with van der Waals surface area (Å²) in [4.78, 5) is 8.44. The molecule has 1 heterocycles. The lowest BCUT2D eigenvalue weighted by atomic mass is 10.3. The smallest absolute Gasteiger partial charge is 0.133 e. The Morgan fingerprint density at radius 1 is 1.47 bits per heavy atom. The normalized spacial score (nSPS) is 10.3. The summed E-state index contributed by atoms with van der Waals surface area (Å²) in [5.74, 6) is 1.84. The molecule has 0 unspecified atom stereocenters. The molecule has 1 rings (SSSR count). The summed E-state index contributed by atoms with van der Waals surface area (Å²) in [6, 6.07) is 0. The molecule has 0 bridgehead atoms. The van der Waals surface area contributed by atoms with Crippen molar-refractivity contribution in [1.82, 2.24) is 9.97 Å². The fourth-order valence-corrected chi connectivity index (χ4v) is 2.03. The maximum Gasteiger partial charge on any atom is 0.133 e. The summed E-state index contributed by atoms with van der Waals surface area (Å²) < 4.78 is 5.00. The first-order valence-corrected chi connectivity index (χ1v) is 5.95. The Labute approximate surface area is 94.8 Å². The Bertz CT molecular complexity index is 307. The van der Waals surface area contributed by atoms with Crippen molar-refractivity contribution >= 4 is 17.6 Å². The monoisotopic (exact) mass is 227 g/mol. The van der Waals surface area contributed by atoms with Gasteiger partial charge in [-0.3, -0.25) is 0 Å². The molecule has 0 saturated heterocycles. The molecule has 15 heavy (non-hydrogen) atoms. The second kappa shape index (κ2) is 6.63. The lowest BCUT2D eigenvalue weighted by molar-refractivity contribution is 0.218. The van der Waals surface area contributed by atoms with E-state index >= 15 is 0 Å². The number of aromatic nitrogens is 2. The highest BCUT2D eigenvalue weighted by Crippen LogP contribution is 2.23. The van der Waals surface area contributed by atoms with E-state index in [4.69, 9.17) is 4.74 Å². The largest absolute Gasteiger partial charge is 0.384 e. The third kappa shape index (κ3) is 3.68. The number of nitrogens with zero attached hydrogens (tertiary/aromatic N) is 2. The van der Waals surface area contributed by atoms with Crippen molar-refractivity contribution in [3.63, 3.8) is 0 Å². The van der Waals surface area contributed by atoms with E-state index in [-0.39, 0.29) is 0 Å². The lowest BCUT2D eigenvalue weighted by Crippen LogP contribution is -2.04. The first-order chi connectivity index (χ1) is 7.29. The fraction of sp³-hybridized carbons (Fsp3) is 0.600. The number of rotatable bonds is 6. The number of thioether (sulfide) groups is 1. The van der Waals surface area contributed by atoms with Crippen LogP contribution in [0.3, 0.4) is 0 Å². The Morgan fingerprint density at radius 2 is 2.27 bits per heavy atom. The van der Waals surface area contributed by atoms with Crippen molar-refractivity contribution in [2.24, 2.45) is 0 Å². The van der Waals surface area contributed by atoms with E-state index < -0.39 is 0 Å².